The number of nitrogen functional groups attached to an aromatic ring is 1. The Balaban J connectivity index is 0.870. The fourth-order valence-corrected chi connectivity index (χ4v) is 7.67. The van der Waals surface area contributed by atoms with Crippen molar-refractivity contribution in [2.24, 2.45) is 0 Å². The first-order valence-electron chi connectivity index (χ1n) is 17.0. The van der Waals surface area contributed by atoms with E-state index >= 15 is 0 Å². The van der Waals surface area contributed by atoms with Crippen LogP contribution in [0, 0.1) is 5.82 Å². The number of carbonyl (C=O) groups is 3. The molecule has 5 heterocycles. The molecular weight excluding hydrogens is 710 g/mol. The first-order chi connectivity index (χ1) is 25.7. The summed E-state index contributed by atoms with van der Waals surface area (Å²) in [6.45, 7) is -0.215. The number of amides is 4. The molecule has 4 amide bonds. The van der Waals surface area contributed by atoms with E-state index in [0.717, 1.165) is 24.2 Å². The molecule has 4 aromatic rings. The first-order valence-corrected chi connectivity index (χ1v) is 18.0. The number of pyridine rings is 1. The van der Waals surface area contributed by atoms with E-state index in [-0.39, 0.29) is 75.4 Å². The van der Waals surface area contributed by atoms with Crippen LogP contribution in [0.3, 0.4) is 0 Å². The molecule has 4 N–H and O–H groups in total. The zero-order valence-corrected chi connectivity index (χ0v) is 30.2. The van der Waals surface area contributed by atoms with Crippen LogP contribution >= 0.6 is 11.8 Å². The van der Waals surface area contributed by atoms with Crippen LogP contribution in [-0.2, 0) is 35.1 Å². The summed E-state index contributed by atoms with van der Waals surface area (Å²) >= 11 is 1.83. The van der Waals surface area contributed by atoms with E-state index in [1.54, 1.807) is 38.5 Å². The van der Waals surface area contributed by atoms with Gasteiger partial charge in [0.1, 0.15) is 31.6 Å². The molecule has 2 saturated heterocycles. The standard InChI is InChI=1S/C35H42FN9O7S/c1-43(15-22-11-13-45-28(14-22)41-31(23-6-8-24(36)9-7-23)33(45)25-10-12-38-34(37)39-25)30(47)16-49-19-51-21-52-20-50-18-44(2)29(46)5-3-4-27-32-26(17-53-27)40-35(48)42-32/h6-14,26-27,32H,3-5,15-21H2,1-2H3,(H2,37,38,39)(H2,40,42,48). The number of carbonyl (C=O) groups excluding carboxylic acids is 3. The minimum atomic E-state index is -0.357. The maximum absolute atomic E-state index is 13.7. The zero-order valence-electron chi connectivity index (χ0n) is 29.4. The lowest BCUT2D eigenvalue weighted by molar-refractivity contribution is -0.182. The average molecular weight is 752 g/mol. The van der Waals surface area contributed by atoms with Crippen molar-refractivity contribution in [3.63, 3.8) is 0 Å². The molecule has 2 aliphatic heterocycles. The summed E-state index contributed by atoms with van der Waals surface area (Å²) < 4.78 is 36.8. The number of halogens is 1. The van der Waals surface area contributed by atoms with Gasteiger partial charge < -0.3 is 45.1 Å². The quantitative estimate of drug-likeness (QED) is 0.0768. The van der Waals surface area contributed by atoms with Crippen LogP contribution in [0.2, 0.25) is 0 Å². The molecule has 18 heteroatoms. The number of hydrogen-bond acceptors (Lipinski definition) is 12. The van der Waals surface area contributed by atoms with E-state index in [4.69, 9.17) is 29.7 Å². The van der Waals surface area contributed by atoms with Gasteiger partial charge in [-0.05, 0) is 60.9 Å². The van der Waals surface area contributed by atoms with Crippen LogP contribution in [0.4, 0.5) is 15.1 Å². The van der Waals surface area contributed by atoms with Gasteiger partial charge in [0.25, 0.3) is 0 Å². The number of rotatable bonds is 18. The van der Waals surface area contributed by atoms with Crippen molar-refractivity contribution < 1.29 is 37.7 Å². The maximum atomic E-state index is 13.7. The number of hydrogen-bond donors (Lipinski definition) is 3. The molecule has 0 bridgehead atoms. The number of thioether (sulfide) groups is 1. The molecule has 0 saturated carbocycles. The van der Waals surface area contributed by atoms with Crippen molar-refractivity contribution in [2.75, 3.05) is 59.3 Å². The molecule has 0 radical (unpaired) electrons. The van der Waals surface area contributed by atoms with Gasteiger partial charge in [-0.1, -0.05) is 0 Å². The second-order valence-corrected chi connectivity index (χ2v) is 14.0. The third kappa shape index (κ3) is 9.76. The second kappa shape index (κ2) is 17.8. The van der Waals surface area contributed by atoms with Gasteiger partial charge in [-0.15, -0.1) is 0 Å². The predicted octanol–water partition coefficient (Wildman–Crippen LogP) is 2.83. The minimum Gasteiger partial charge on any atom is -0.368 e. The Morgan fingerprint density at radius 3 is 2.57 bits per heavy atom. The minimum absolute atomic E-state index is 0.0332. The lowest BCUT2D eigenvalue weighted by Gasteiger charge is -2.19. The number of fused-ring (bicyclic) bond motifs is 2. The van der Waals surface area contributed by atoms with Gasteiger partial charge >= 0.3 is 6.03 Å². The van der Waals surface area contributed by atoms with E-state index in [9.17, 15) is 18.8 Å². The van der Waals surface area contributed by atoms with Crippen LogP contribution in [0.5, 0.6) is 0 Å². The third-order valence-corrected chi connectivity index (χ3v) is 10.3. The molecular formula is C35H42FN9O7S. The smallest absolute Gasteiger partial charge is 0.315 e. The largest absolute Gasteiger partial charge is 0.368 e. The summed E-state index contributed by atoms with van der Waals surface area (Å²) in [5, 5.41) is 6.20. The highest BCUT2D eigenvalue weighted by molar-refractivity contribution is 8.00. The predicted molar refractivity (Wildman–Crippen MR) is 193 cm³/mol. The topological polar surface area (TPSA) is 188 Å². The van der Waals surface area contributed by atoms with Gasteiger partial charge in [0.05, 0.1) is 29.2 Å². The number of ether oxygens (including phenoxy) is 4. The second-order valence-electron chi connectivity index (χ2n) is 12.7. The van der Waals surface area contributed by atoms with Gasteiger partial charge in [0, 0.05) is 56.0 Å². The fraction of sp³-hybridized carbons (Fsp3) is 0.429. The van der Waals surface area contributed by atoms with Gasteiger partial charge in [0.15, 0.2) is 13.6 Å². The van der Waals surface area contributed by atoms with Crippen LogP contribution in [0.1, 0.15) is 24.8 Å². The highest BCUT2D eigenvalue weighted by Gasteiger charge is 2.42. The number of aromatic nitrogens is 4. The van der Waals surface area contributed by atoms with Gasteiger partial charge in [-0.2, -0.15) is 11.8 Å². The molecule has 2 aliphatic rings. The lowest BCUT2D eigenvalue weighted by atomic mass is 10.0. The summed E-state index contributed by atoms with van der Waals surface area (Å²) in [5.74, 6) is 0.356. The van der Waals surface area contributed by atoms with Gasteiger partial charge in [-0.25, -0.2) is 24.1 Å². The fourth-order valence-electron chi connectivity index (χ4n) is 6.13. The van der Waals surface area contributed by atoms with E-state index < -0.39 is 0 Å². The van der Waals surface area contributed by atoms with Crippen LogP contribution in [0.15, 0.2) is 54.9 Å². The number of benzene rings is 1. The Morgan fingerprint density at radius 1 is 1.00 bits per heavy atom. The lowest BCUT2D eigenvalue weighted by Crippen LogP contribution is -2.37. The van der Waals surface area contributed by atoms with Gasteiger partial charge in [0.2, 0.25) is 17.8 Å². The molecule has 282 valence electrons. The Bertz CT molecular complexity index is 1900. The Morgan fingerprint density at radius 2 is 1.77 bits per heavy atom. The van der Waals surface area contributed by atoms with Crippen molar-refractivity contribution in [3.8, 4) is 22.6 Å². The number of anilines is 1. The molecule has 2 fully saturated rings. The van der Waals surface area contributed by atoms with Crippen molar-refractivity contribution in [1.82, 2.24) is 39.8 Å². The summed E-state index contributed by atoms with van der Waals surface area (Å²) in [5.41, 5.74) is 9.82. The molecule has 0 aliphatic carbocycles. The molecule has 3 atom stereocenters. The summed E-state index contributed by atoms with van der Waals surface area (Å²) in [6, 6.07) is 11.7. The number of nitrogens with zero attached hydrogens (tertiary/aromatic N) is 6. The Labute approximate surface area is 309 Å². The number of likely N-dealkylation sites (N-methyl/N-ethyl adjacent to an activating group) is 1. The molecule has 3 aromatic heterocycles. The van der Waals surface area contributed by atoms with Crippen LogP contribution in [0.25, 0.3) is 28.3 Å². The van der Waals surface area contributed by atoms with Gasteiger partial charge in [-0.3, -0.25) is 14.0 Å². The highest BCUT2D eigenvalue weighted by Crippen LogP contribution is 2.34. The SMILES string of the molecule is CN(COCOCOCOCC(=O)N(C)Cc1ccn2c(-c3ccnc(N)n3)c(-c3ccc(F)cc3)nc2c1)C(=O)CCCC1SCC2NC(=O)NC21. The number of imidazole rings is 1. The summed E-state index contributed by atoms with van der Waals surface area (Å²) in [7, 11) is 3.33. The molecule has 3 unspecified atom stereocenters. The zero-order chi connectivity index (χ0) is 37.3. The number of nitrogens with two attached hydrogens (primary N) is 1. The monoisotopic (exact) mass is 751 g/mol. The van der Waals surface area contributed by atoms with E-state index in [1.165, 1.54) is 21.9 Å². The Kier molecular flexibility index (Phi) is 12.7. The normalized spacial score (nSPS) is 17.8. The van der Waals surface area contributed by atoms with E-state index in [2.05, 4.69) is 20.6 Å². The van der Waals surface area contributed by atoms with E-state index in [1.807, 2.05) is 34.5 Å². The average Bonchev–Trinajstić information content (AvgIpc) is 3.83. The Hall–Kier alpha value is -4.88. The molecule has 16 nitrogen and oxygen atoms in total. The maximum Gasteiger partial charge on any atom is 0.315 e. The number of urea groups is 1. The van der Waals surface area contributed by atoms with E-state index in [0.29, 0.717) is 46.5 Å². The summed E-state index contributed by atoms with van der Waals surface area (Å²) in [6.07, 6.45) is 5.38. The van der Waals surface area contributed by atoms with Crippen molar-refractivity contribution in [2.45, 2.75) is 43.1 Å². The van der Waals surface area contributed by atoms with Crippen molar-refractivity contribution in [3.05, 3.63) is 66.2 Å². The number of nitrogens with one attached hydrogen (secondary N) is 2. The third-order valence-electron chi connectivity index (χ3n) is 8.82. The molecule has 6 rings (SSSR count). The highest BCUT2D eigenvalue weighted by atomic mass is 32.2. The summed E-state index contributed by atoms with van der Waals surface area (Å²) in [4.78, 5) is 52.9. The van der Waals surface area contributed by atoms with Crippen molar-refractivity contribution in [1.29, 1.82) is 0 Å². The van der Waals surface area contributed by atoms with Crippen molar-refractivity contribution >= 4 is 41.2 Å². The van der Waals surface area contributed by atoms with Crippen LogP contribution < -0.4 is 16.4 Å². The first kappa shape index (κ1) is 37.9. The molecule has 53 heavy (non-hydrogen) atoms. The molecule has 1 aromatic carbocycles. The molecule has 0 spiro atoms. The van der Waals surface area contributed by atoms with Crippen LogP contribution in [-0.4, -0.2) is 118 Å².